The van der Waals surface area contributed by atoms with E-state index in [4.69, 9.17) is 0 Å². The van der Waals surface area contributed by atoms with E-state index >= 15 is 0 Å². The lowest BCUT2D eigenvalue weighted by atomic mass is 10.0. The minimum Gasteiger partial charge on any atom is -0.432 e. The molecule has 0 radical (unpaired) electrons. The van der Waals surface area contributed by atoms with Crippen LogP contribution in [0.25, 0.3) is 11.1 Å². The van der Waals surface area contributed by atoms with Gasteiger partial charge in [-0.1, -0.05) is 35.9 Å². The molecule has 1 nitrogen and oxygen atoms in total. The van der Waals surface area contributed by atoms with E-state index in [0.717, 1.165) is 11.1 Å². The smallest absolute Gasteiger partial charge is 0.387 e. The fourth-order valence-corrected chi connectivity index (χ4v) is 1.62. The summed E-state index contributed by atoms with van der Waals surface area (Å²) in [4.78, 5) is 0. The maximum absolute atomic E-state index is 13.5. The number of hydrogen-bond donors (Lipinski definition) is 0. The number of ether oxygens (including phenoxy) is 1. The SMILES string of the molecule is Cc1ccc(-c2ccc(OC(F)F)c(F)c2)cc1. The van der Waals surface area contributed by atoms with Crippen LogP contribution in [-0.4, -0.2) is 6.61 Å². The second kappa shape index (κ2) is 5.12. The average molecular weight is 252 g/mol. The van der Waals surface area contributed by atoms with Crippen molar-refractivity contribution in [1.82, 2.24) is 0 Å². The molecule has 0 amide bonds. The summed E-state index contributed by atoms with van der Waals surface area (Å²) in [6.45, 7) is -1.08. The van der Waals surface area contributed by atoms with Gasteiger partial charge in [-0.15, -0.1) is 0 Å². The summed E-state index contributed by atoms with van der Waals surface area (Å²) in [5.41, 5.74) is 2.54. The zero-order chi connectivity index (χ0) is 13.1. The molecule has 0 bridgehead atoms. The lowest BCUT2D eigenvalue weighted by Crippen LogP contribution is -2.03. The van der Waals surface area contributed by atoms with E-state index in [1.807, 2.05) is 31.2 Å². The zero-order valence-electron chi connectivity index (χ0n) is 9.66. The van der Waals surface area contributed by atoms with E-state index in [0.29, 0.717) is 5.56 Å². The Bertz CT molecular complexity index is 535. The van der Waals surface area contributed by atoms with Crippen LogP contribution >= 0.6 is 0 Å². The standard InChI is InChI=1S/C14H11F3O/c1-9-2-4-10(5-3-9)11-6-7-13(12(15)8-11)18-14(16)17/h2-8,14H,1H3. The first-order valence-corrected chi connectivity index (χ1v) is 5.37. The normalized spacial score (nSPS) is 10.7. The third kappa shape index (κ3) is 2.83. The molecule has 0 fully saturated rings. The highest BCUT2D eigenvalue weighted by Gasteiger charge is 2.10. The van der Waals surface area contributed by atoms with Crippen LogP contribution in [0.4, 0.5) is 13.2 Å². The van der Waals surface area contributed by atoms with Gasteiger partial charge < -0.3 is 4.74 Å². The van der Waals surface area contributed by atoms with E-state index in [-0.39, 0.29) is 0 Å². The van der Waals surface area contributed by atoms with Crippen molar-refractivity contribution in [3.63, 3.8) is 0 Å². The number of halogens is 3. The Morgan fingerprint density at radius 1 is 0.944 bits per heavy atom. The number of aryl methyl sites for hydroxylation is 1. The van der Waals surface area contributed by atoms with Gasteiger partial charge in [0.1, 0.15) is 0 Å². The topological polar surface area (TPSA) is 9.23 Å². The lowest BCUT2D eigenvalue weighted by Gasteiger charge is -2.08. The molecular weight excluding hydrogens is 241 g/mol. The molecule has 2 rings (SSSR count). The van der Waals surface area contributed by atoms with Gasteiger partial charge in [0.15, 0.2) is 11.6 Å². The molecule has 0 aliphatic heterocycles. The van der Waals surface area contributed by atoms with E-state index in [9.17, 15) is 13.2 Å². The Kier molecular flexibility index (Phi) is 3.55. The van der Waals surface area contributed by atoms with Crippen LogP contribution in [0.15, 0.2) is 42.5 Å². The molecule has 4 heteroatoms. The van der Waals surface area contributed by atoms with Crippen molar-refractivity contribution in [3.05, 3.63) is 53.8 Å². The molecule has 0 atom stereocenters. The van der Waals surface area contributed by atoms with Gasteiger partial charge in [-0.05, 0) is 30.2 Å². The minimum absolute atomic E-state index is 0.444. The van der Waals surface area contributed by atoms with Gasteiger partial charge in [0.2, 0.25) is 0 Å². The molecule has 0 spiro atoms. The van der Waals surface area contributed by atoms with E-state index in [2.05, 4.69) is 4.74 Å². The summed E-state index contributed by atoms with van der Waals surface area (Å²) >= 11 is 0. The molecule has 94 valence electrons. The Hall–Kier alpha value is -1.97. The first-order chi connectivity index (χ1) is 8.56. The molecule has 0 saturated heterocycles. The third-order valence-corrected chi connectivity index (χ3v) is 2.53. The molecule has 0 aliphatic carbocycles. The molecule has 18 heavy (non-hydrogen) atoms. The van der Waals surface area contributed by atoms with Crippen molar-refractivity contribution in [1.29, 1.82) is 0 Å². The Balaban J connectivity index is 2.31. The summed E-state index contributed by atoms with van der Waals surface area (Å²) in [6.07, 6.45) is 0. The Morgan fingerprint density at radius 3 is 2.11 bits per heavy atom. The molecule has 0 N–H and O–H groups in total. The monoisotopic (exact) mass is 252 g/mol. The van der Waals surface area contributed by atoms with E-state index in [1.54, 1.807) is 6.07 Å². The molecule has 0 aromatic heterocycles. The van der Waals surface area contributed by atoms with Gasteiger partial charge in [-0.3, -0.25) is 0 Å². The third-order valence-electron chi connectivity index (χ3n) is 2.53. The van der Waals surface area contributed by atoms with Crippen LogP contribution in [0.3, 0.4) is 0 Å². The van der Waals surface area contributed by atoms with Gasteiger partial charge in [-0.25, -0.2) is 4.39 Å². The van der Waals surface area contributed by atoms with Crippen LogP contribution < -0.4 is 4.74 Å². The highest BCUT2D eigenvalue weighted by molar-refractivity contribution is 5.64. The maximum Gasteiger partial charge on any atom is 0.387 e. The Labute approximate surface area is 103 Å². The summed E-state index contributed by atoms with van der Waals surface area (Å²) < 4.78 is 41.5. The second-order valence-electron chi connectivity index (χ2n) is 3.89. The molecule has 0 aliphatic rings. The fraction of sp³-hybridized carbons (Fsp3) is 0.143. The predicted octanol–water partition coefficient (Wildman–Crippen LogP) is 4.40. The maximum atomic E-state index is 13.5. The number of benzene rings is 2. The van der Waals surface area contributed by atoms with Crippen LogP contribution in [0, 0.1) is 12.7 Å². The Morgan fingerprint density at radius 2 is 1.56 bits per heavy atom. The molecule has 2 aromatic rings. The van der Waals surface area contributed by atoms with Crippen LogP contribution in [0.1, 0.15) is 5.56 Å². The van der Waals surface area contributed by atoms with Crippen LogP contribution in [-0.2, 0) is 0 Å². The van der Waals surface area contributed by atoms with Crippen molar-refractivity contribution in [2.45, 2.75) is 13.5 Å². The fourth-order valence-electron chi connectivity index (χ4n) is 1.62. The lowest BCUT2D eigenvalue weighted by molar-refractivity contribution is -0.0521. The molecule has 0 unspecified atom stereocenters. The minimum atomic E-state index is -3.02. The summed E-state index contributed by atoms with van der Waals surface area (Å²) in [5.74, 6) is -1.24. The number of rotatable bonds is 3. The number of hydrogen-bond acceptors (Lipinski definition) is 1. The molecular formula is C14H11F3O. The quantitative estimate of drug-likeness (QED) is 0.786. The first-order valence-electron chi connectivity index (χ1n) is 5.37. The van der Waals surface area contributed by atoms with Crippen molar-refractivity contribution in [3.8, 4) is 16.9 Å². The van der Waals surface area contributed by atoms with Crippen molar-refractivity contribution < 1.29 is 17.9 Å². The van der Waals surface area contributed by atoms with Gasteiger partial charge >= 0.3 is 6.61 Å². The van der Waals surface area contributed by atoms with Crippen molar-refractivity contribution in [2.24, 2.45) is 0 Å². The van der Waals surface area contributed by atoms with Gasteiger partial charge in [0.05, 0.1) is 0 Å². The molecule has 2 aromatic carbocycles. The highest BCUT2D eigenvalue weighted by Crippen LogP contribution is 2.26. The summed E-state index contributed by atoms with van der Waals surface area (Å²) in [7, 11) is 0. The second-order valence-corrected chi connectivity index (χ2v) is 3.89. The van der Waals surface area contributed by atoms with Crippen LogP contribution in [0.5, 0.6) is 5.75 Å². The largest absolute Gasteiger partial charge is 0.432 e. The van der Waals surface area contributed by atoms with Gasteiger partial charge in [0, 0.05) is 0 Å². The molecule has 0 heterocycles. The highest BCUT2D eigenvalue weighted by atomic mass is 19.3. The summed E-state index contributed by atoms with van der Waals surface area (Å²) in [6, 6.07) is 11.4. The van der Waals surface area contributed by atoms with Crippen molar-refractivity contribution in [2.75, 3.05) is 0 Å². The summed E-state index contributed by atoms with van der Waals surface area (Å²) in [5, 5.41) is 0. The predicted molar refractivity (Wildman–Crippen MR) is 63.2 cm³/mol. The zero-order valence-corrected chi connectivity index (χ0v) is 9.66. The van der Waals surface area contributed by atoms with Gasteiger partial charge in [-0.2, -0.15) is 8.78 Å². The first kappa shape index (κ1) is 12.5. The van der Waals surface area contributed by atoms with E-state index in [1.165, 1.54) is 12.1 Å². The average Bonchev–Trinajstić information content (AvgIpc) is 2.32. The van der Waals surface area contributed by atoms with Gasteiger partial charge in [0.25, 0.3) is 0 Å². The number of alkyl halides is 2. The molecule has 0 saturated carbocycles. The van der Waals surface area contributed by atoms with Crippen LogP contribution in [0.2, 0.25) is 0 Å². The van der Waals surface area contributed by atoms with Crippen molar-refractivity contribution >= 4 is 0 Å². The van der Waals surface area contributed by atoms with E-state index < -0.39 is 18.2 Å².